The smallest absolute Gasteiger partial charge is 0.228 e. The highest BCUT2D eigenvalue weighted by molar-refractivity contribution is 6.21. The molecule has 80 valence electrons. The maximum Gasteiger partial charge on any atom is 0.228 e. The molecule has 2 N–H and O–H groups in total. The van der Waals surface area contributed by atoms with E-state index in [4.69, 9.17) is 17.3 Å². The van der Waals surface area contributed by atoms with Crippen LogP contribution in [0.15, 0.2) is 18.2 Å². The van der Waals surface area contributed by atoms with E-state index in [2.05, 4.69) is 6.07 Å². The van der Waals surface area contributed by atoms with Crippen molar-refractivity contribution < 1.29 is 4.79 Å². The number of aryl methyl sites for hydroxylation is 1. The number of halogens is 1. The van der Waals surface area contributed by atoms with Crippen molar-refractivity contribution in [2.45, 2.75) is 19.4 Å². The SMILES string of the molecule is NCc1ccc2c(c1)CCC(=O)N2CCl. The molecular weight excluding hydrogens is 212 g/mol. The van der Waals surface area contributed by atoms with Gasteiger partial charge in [0.25, 0.3) is 0 Å². The molecule has 0 aliphatic carbocycles. The summed E-state index contributed by atoms with van der Waals surface area (Å²) < 4.78 is 0. The molecule has 1 amide bonds. The molecule has 1 aliphatic rings. The average molecular weight is 225 g/mol. The topological polar surface area (TPSA) is 46.3 Å². The van der Waals surface area contributed by atoms with Gasteiger partial charge in [-0.1, -0.05) is 12.1 Å². The van der Waals surface area contributed by atoms with E-state index in [1.807, 2.05) is 12.1 Å². The number of hydrogen-bond donors (Lipinski definition) is 1. The van der Waals surface area contributed by atoms with E-state index in [9.17, 15) is 4.79 Å². The molecule has 1 aromatic rings. The minimum absolute atomic E-state index is 0.0954. The van der Waals surface area contributed by atoms with E-state index in [-0.39, 0.29) is 11.9 Å². The summed E-state index contributed by atoms with van der Waals surface area (Å²) in [5, 5.41) is 0. The molecule has 0 aromatic heterocycles. The summed E-state index contributed by atoms with van der Waals surface area (Å²) in [6, 6.07) is 6.14. The van der Waals surface area contributed by atoms with Gasteiger partial charge in [-0.2, -0.15) is 0 Å². The molecular formula is C11H13ClN2O. The maximum atomic E-state index is 11.6. The number of amides is 1. The Morgan fingerprint density at radius 2 is 2.20 bits per heavy atom. The van der Waals surface area contributed by atoms with Crippen LogP contribution in [0.25, 0.3) is 0 Å². The molecule has 0 saturated carbocycles. The number of anilines is 1. The standard InChI is InChI=1S/C11H13ClN2O/c12-7-14-10-3-1-8(6-13)5-9(10)2-4-11(14)15/h1,3,5H,2,4,6-7,13H2. The van der Waals surface area contributed by atoms with Gasteiger partial charge in [-0.05, 0) is 23.6 Å². The number of fused-ring (bicyclic) bond motifs is 1. The Bertz CT molecular complexity index is 392. The Morgan fingerprint density at radius 3 is 2.87 bits per heavy atom. The van der Waals surface area contributed by atoms with Gasteiger partial charge in [0.2, 0.25) is 5.91 Å². The predicted octanol–water partition coefficient (Wildman–Crippen LogP) is 1.62. The number of benzene rings is 1. The second kappa shape index (κ2) is 4.21. The number of carbonyl (C=O) groups is 1. The lowest BCUT2D eigenvalue weighted by Crippen LogP contribution is -2.34. The Morgan fingerprint density at radius 1 is 1.40 bits per heavy atom. The third-order valence-corrected chi connectivity index (χ3v) is 2.94. The first-order chi connectivity index (χ1) is 7.26. The maximum absolute atomic E-state index is 11.6. The molecule has 2 rings (SSSR count). The highest BCUT2D eigenvalue weighted by Crippen LogP contribution is 2.28. The first-order valence-corrected chi connectivity index (χ1v) is 5.48. The Hall–Kier alpha value is -1.06. The van der Waals surface area contributed by atoms with Crippen LogP contribution >= 0.6 is 11.6 Å². The monoisotopic (exact) mass is 224 g/mol. The lowest BCUT2D eigenvalue weighted by molar-refractivity contribution is -0.118. The zero-order chi connectivity index (χ0) is 10.8. The number of alkyl halides is 1. The van der Waals surface area contributed by atoms with Gasteiger partial charge in [0.15, 0.2) is 0 Å². The molecule has 4 heteroatoms. The van der Waals surface area contributed by atoms with Gasteiger partial charge in [-0.25, -0.2) is 0 Å². The lowest BCUT2D eigenvalue weighted by Gasteiger charge is -2.27. The Kier molecular flexibility index (Phi) is 2.93. The van der Waals surface area contributed by atoms with Crippen LogP contribution in [-0.2, 0) is 17.8 Å². The van der Waals surface area contributed by atoms with Gasteiger partial charge in [-0.3, -0.25) is 9.69 Å². The first kappa shape index (κ1) is 10.5. The third kappa shape index (κ3) is 1.85. The van der Waals surface area contributed by atoms with Gasteiger partial charge in [0, 0.05) is 18.7 Å². The zero-order valence-electron chi connectivity index (χ0n) is 8.37. The van der Waals surface area contributed by atoms with E-state index in [0.717, 1.165) is 17.7 Å². The van der Waals surface area contributed by atoms with Crippen LogP contribution in [0.4, 0.5) is 5.69 Å². The molecule has 0 spiro atoms. The molecule has 0 unspecified atom stereocenters. The summed E-state index contributed by atoms with van der Waals surface area (Å²) in [5.41, 5.74) is 8.76. The Labute approximate surface area is 93.8 Å². The normalized spacial score (nSPS) is 15.3. The first-order valence-electron chi connectivity index (χ1n) is 4.94. The minimum atomic E-state index is 0.0954. The van der Waals surface area contributed by atoms with E-state index in [0.29, 0.717) is 13.0 Å². The van der Waals surface area contributed by atoms with Crippen molar-refractivity contribution in [3.8, 4) is 0 Å². The second-order valence-corrected chi connectivity index (χ2v) is 3.85. The highest BCUT2D eigenvalue weighted by Gasteiger charge is 2.22. The van der Waals surface area contributed by atoms with Crippen molar-refractivity contribution in [3.63, 3.8) is 0 Å². The molecule has 1 aliphatic heterocycles. The molecule has 0 bridgehead atoms. The molecule has 3 nitrogen and oxygen atoms in total. The van der Waals surface area contributed by atoms with E-state index in [1.165, 1.54) is 5.56 Å². The minimum Gasteiger partial charge on any atom is -0.326 e. The molecule has 0 saturated heterocycles. The molecule has 0 radical (unpaired) electrons. The number of nitrogens with two attached hydrogens (primary N) is 1. The van der Waals surface area contributed by atoms with Crippen LogP contribution in [0.1, 0.15) is 17.5 Å². The highest BCUT2D eigenvalue weighted by atomic mass is 35.5. The van der Waals surface area contributed by atoms with Gasteiger partial charge < -0.3 is 5.73 Å². The van der Waals surface area contributed by atoms with Gasteiger partial charge in [0.05, 0.1) is 0 Å². The fraction of sp³-hybridized carbons (Fsp3) is 0.364. The number of hydrogen-bond acceptors (Lipinski definition) is 2. The number of rotatable bonds is 2. The van der Waals surface area contributed by atoms with Crippen molar-refractivity contribution in [1.29, 1.82) is 0 Å². The van der Waals surface area contributed by atoms with Gasteiger partial charge in [-0.15, -0.1) is 11.6 Å². The number of nitrogens with zero attached hydrogens (tertiary/aromatic N) is 1. The van der Waals surface area contributed by atoms with Gasteiger partial charge >= 0.3 is 0 Å². The van der Waals surface area contributed by atoms with Crippen LogP contribution in [0.5, 0.6) is 0 Å². The van der Waals surface area contributed by atoms with E-state index in [1.54, 1.807) is 4.90 Å². The third-order valence-electron chi connectivity index (χ3n) is 2.70. The summed E-state index contributed by atoms with van der Waals surface area (Å²) in [7, 11) is 0. The molecule has 0 fully saturated rings. The van der Waals surface area contributed by atoms with Crippen molar-refractivity contribution in [2.75, 3.05) is 10.9 Å². The van der Waals surface area contributed by atoms with Crippen LogP contribution < -0.4 is 10.6 Å². The Balaban J connectivity index is 2.42. The van der Waals surface area contributed by atoms with E-state index < -0.39 is 0 Å². The molecule has 1 aromatic carbocycles. The van der Waals surface area contributed by atoms with Crippen LogP contribution in [0.2, 0.25) is 0 Å². The van der Waals surface area contributed by atoms with Crippen molar-refractivity contribution in [2.24, 2.45) is 5.73 Å². The van der Waals surface area contributed by atoms with Crippen LogP contribution in [0, 0.1) is 0 Å². The second-order valence-electron chi connectivity index (χ2n) is 3.61. The number of carbonyl (C=O) groups excluding carboxylic acids is 1. The van der Waals surface area contributed by atoms with Crippen LogP contribution in [0.3, 0.4) is 0 Å². The van der Waals surface area contributed by atoms with Crippen molar-refractivity contribution >= 4 is 23.2 Å². The zero-order valence-corrected chi connectivity index (χ0v) is 9.13. The summed E-state index contributed by atoms with van der Waals surface area (Å²) >= 11 is 5.76. The van der Waals surface area contributed by atoms with E-state index >= 15 is 0 Å². The molecule has 1 heterocycles. The quantitative estimate of drug-likeness (QED) is 0.613. The fourth-order valence-corrected chi connectivity index (χ4v) is 2.13. The van der Waals surface area contributed by atoms with Crippen LogP contribution in [-0.4, -0.2) is 11.9 Å². The van der Waals surface area contributed by atoms with Crippen molar-refractivity contribution in [3.05, 3.63) is 29.3 Å². The molecule has 0 atom stereocenters. The van der Waals surface area contributed by atoms with Crippen molar-refractivity contribution in [1.82, 2.24) is 0 Å². The summed E-state index contributed by atoms with van der Waals surface area (Å²) in [6.45, 7) is 0.530. The molecule has 15 heavy (non-hydrogen) atoms. The fourth-order valence-electron chi connectivity index (χ4n) is 1.87. The lowest BCUT2D eigenvalue weighted by atomic mass is 9.99. The van der Waals surface area contributed by atoms with Gasteiger partial charge in [0.1, 0.15) is 6.00 Å². The summed E-state index contributed by atoms with van der Waals surface area (Å²) in [4.78, 5) is 13.2. The largest absolute Gasteiger partial charge is 0.326 e. The predicted molar refractivity (Wildman–Crippen MR) is 60.9 cm³/mol. The summed E-state index contributed by atoms with van der Waals surface area (Å²) in [5.74, 6) is 0.0954. The average Bonchev–Trinajstić information content (AvgIpc) is 2.28. The summed E-state index contributed by atoms with van der Waals surface area (Å²) in [6.07, 6.45) is 1.32.